The summed E-state index contributed by atoms with van der Waals surface area (Å²) < 4.78 is 0. The molecule has 5 rings (SSSR count). The summed E-state index contributed by atoms with van der Waals surface area (Å²) in [5.74, 6) is 0.698. The van der Waals surface area contributed by atoms with Gasteiger partial charge in [0.05, 0.1) is 17.0 Å². The minimum atomic E-state index is -0.247. The highest BCUT2D eigenvalue weighted by molar-refractivity contribution is 5.97. The van der Waals surface area contributed by atoms with Crippen molar-refractivity contribution >= 4 is 11.9 Å². The molecule has 1 aliphatic carbocycles. The van der Waals surface area contributed by atoms with E-state index in [0.717, 1.165) is 61.7 Å². The quantitative estimate of drug-likeness (QED) is 0.574. The summed E-state index contributed by atoms with van der Waals surface area (Å²) in [5.41, 5.74) is 4.42. The molecule has 1 saturated carbocycles. The maximum atomic E-state index is 13.6. The molecule has 1 aliphatic heterocycles. The molecule has 1 aromatic heterocycles. The average molecular weight is 441 g/mol. The normalized spacial score (nSPS) is 17.3. The Morgan fingerprint density at radius 2 is 1.55 bits per heavy atom. The maximum Gasteiger partial charge on any atom is 0.255 e. The van der Waals surface area contributed by atoms with E-state index in [1.807, 2.05) is 37.3 Å². The molecular weight excluding hydrogens is 408 g/mol. The summed E-state index contributed by atoms with van der Waals surface area (Å²) in [5, 5.41) is 3.15. The van der Waals surface area contributed by atoms with E-state index in [9.17, 15) is 4.79 Å². The number of aryl methyl sites for hydroxylation is 1. The van der Waals surface area contributed by atoms with Gasteiger partial charge in [0.25, 0.3) is 5.91 Å². The summed E-state index contributed by atoms with van der Waals surface area (Å²) in [6.45, 7) is 4.42. The van der Waals surface area contributed by atoms with Crippen LogP contribution in [0, 0.1) is 6.92 Å². The largest absolute Gasteiger partial charge is 0.348 e. The predicted molar refractivity (Wildman–Crippen MR) is 132 cm³/mol. The van der Waals surface area contributed by atoms with Crippen molar-refractivity contribution in [2.75, 3.05) is 18.0 Å². The van der Waals surface area contributed by atoms with Gasteiger partial charge in [0, 0.05) is 25.0 Å². The number of nitrogens with zero attached hydrogens (tertiary/aromatic N) is 3. The van der Waals surface area contributed by atoms with Crippen LogP contribution in [0.4, 0.5) is 5.95 Å². The molecule has 1 saturated heterocycles. The SMILES string of the molecule is Cc1nc(N2CCCC2)nc(C2(c3ccccc3)CCCC2)c1C(=O)NCc1ccccc1. The lowest BCUT2D eigenvalue weighted by atomic mass is 9.74. The first-order valence-corrected chi connectivity index (χ1v) is 12.2. The molecule has 0 atom stereocenters. The fraction of sp³-hybridized carbons (Fsp3) is 0.393. The van der Waals surface area contributed by atoms with Gasteiger partial charge in [-0.2, -0.15) is 0 Å². The maximum absolute atomic E-state index is 13.6. The molecule has 0 spiro atoms. The Balaban J connectivity index is 1.60. The van der Waals surface area contributed by atoms with Gasteiger partial charge in [0.15, 0.2) is 0 Å². The highest BCUT2D eigenvalue weighted by Gasteiger charge is 2.42. The third-order valence-electron chi connectivity index (χ3n) is 7.23. The minimum Gasteiger partial charge on any atom is -0.348 e. The monoisotopic (exact) mass is 440 g/mol. The lowest BCUT2D eigenvalue weighted by Gasteiger charge is -2.32. The summed E-state index contributed by atoms with van der Waals surface area (Å²) in [4.78, 5) is 25.9. The number of benzene rings is 2. The van der Waals surface area contributed by atoms with E-state index in [1.165, 1.54) is 18.4 Å². The van der Waals surface area contributed by atoms with Crippen molar-refractivity contribution in [3.05, 3.63) is 88.7 Å². The van der Waals surface area contributed by atoms with Crippen LogP contribution in [0.5, 0.6) is 0 Å². The Bertz CT molecular complexity index is 1100. The first-order chi connectivity index (χ1) is 16.2. The first-order valence-electron chi connectivity index (χ1n) is 12.2. The Kier molecular flexibility index (Phi) is 6.12. The van der Waals surface area contributed by atoms with Gasteiger partial charge >= 0.3 is 0 Å². The molecule has 0 unspecified atom stereocenters. The van der Waals surface area contributed by atoms with E-state index < -0.39 is 0 Å². The molecule has 5 heteroatoms. The van der Waals surface area contributed by atoms with Gasteiger partial charge in [-0.1, -0.05) is 73.5 Å². The number of hydrogen-bond acceptors (Lipinski definition) is 4. The fourth-order valence-electron chi connectivity index (χ4n) is 5.50. The van der Waals surface area contributed by atoms with E-state index in [0.29, 0.717) is 12.1 Å². The standard InChI is InChI=1S/C28H32N4O/c1-21-24(26(33)29-20-22-12-4-2-5-13-22)25(31-27(30-21)32-18-10-11-19-32)28(16-8-9-17-28)23-14-6-3-7-15-23/h2-7,12-15H,8-11,16-20H2,1H3,(H,29,33). The van der Waals surface area contributed by atoms with Crippen LogP contribution in [0.2, 0.25) is 0 Å². The van der Waals surface area contributed by atoms with Crippen molar-refractivity contribution in [1.82, 2.24) is 15.3 Å². The van der Waals surface area contributed by atoms with E-state index in [4.69, 9.17) is 9.97 Å². The van der Waals surface area contributed by atoms with Crippen molar-refractivity contribution in [3.8, 4) is 0 Å². The zero-order chi connectivity index (χ0) is 22.7. The number of amides is 1. The van der Waals surface area contributed by atoms with E-state index in [1.54, 1.807) is 0 Å². The molecule has 0 bridgehead atoms. The summed E-state index contributed by atoms with van der Waals surface area (Å²) in [7, 11) is 0. The molecule has 2 heterocycles. The van der Waals surface area contributed by atoms with Crippen LogP contribution in [0.3, 0.4) is 0 Å². The molecule has 2 aromatic carbocycles. The van der Waals surface area contributed by atoms with Crippen molar-refractivity contribution in [3.63, 3.8) is 0 Å². The van der Waals surface area contributed by atoms with Crippen molar-refractivity contribution in [2.45, 2.75) is 57.4 Å². The van der Waals surface area contributed by atoms with Gasteiger partial charge in [-0.15, -0.1) is 0 Å². The van der Waals surface area contributed by atoms with Crippen LogP contribution in [0.15, 0.2) is 60.7 Å². The molecule has 2 aliphatic rings. The molecule has 0 radical (unpaired) electrons. The molecule has 33 heavy (non-hydrogen) atoms. The van der Waals surface area contributed by atoms with Gasteiger partial charge in [-0.05, 0) is 43.7 Å². The van der Waals surface area contributed by atoms with E-state index >= 15 is 0 Å². The van der Waals surface area contributed by atoms with E-state index in [-0.39, 0.29) is 11.3 Å². The molecule has 5 nitrogen and oxygen atoms in total. The second-order valence-corrected chi connectivity index (χ2v) is 9.35. The number of hydrogen-bond donors (Lipinski definition) is 1. The number of nitrogens with one attached hydrogen (secondary N) is 1. The van der Waals surface area contributed by atoms with Gasteiger partial charge in [0.1, 0.15) is 0 Å². The highest BCUT2D eigenvalue weighted by atomic mass is 16.1. The molecule has 1 N–H and O–H groups in total. The molecule has 2 fully saturated rings. The minimum absolute atomic E-state index is 0.0819. The fourth-order valence-corrected chi connectivity index (χ4v) is 5.50. The average Bonchev–Trinajstić information content (AvgIpc) is 3.57. The Labute approximate surface area is 196 Å². The molecule has 1 amide bonds. The highest BCUT2D eigenvalue weighted by Crippen LogP contribution is 2.47. The zero-order valence-electron chi connectivity index (χ0n) is 19.4. The smallest absolute Gasteiger partial charge is 0.255 e. The van der Waals surface area contributed by atoms with Gasteiger partial charge in [-0.3, -0.25) is 4.79 Å². The Hall–Kier alpha value is -3.21. The summed E-state index contributed by atoms with van der Waals surface area (Å²) in [6, 6.07) is 20.7. The number of rotatable bonds is 6. The lowest BCUT2D eigenvalue weighted by Crippen LogP contribution is -2.34. The third kappa shape index (κ3) is 4.24. The van der Waals surface area contributed by atoms with Crippen LogP contribution < -0.4 is 10.2 Å². The Morgan fingerprint density at radius 3 is 2.21 bits per heavy atom. The number of carbonyl (C=O) groups excluding carboxylic acids is 1. The third-order valence-corrected chi connectivity index (χ3v) is 7.23. The van der Waals surface area contributed by atoms with Crippen molar-refractivity contribution < 1.29 is 4.79 Å². The summed E-state index contributed by atoms with van der Waals surface area (Å²) in [6.07, 6.45) is 6.63. The summed E-state index contributed by atoms with van der Waals surface area (Å²) >= 11 is 0. The van der Waals surface area contributed by atoms with Crippen LogP contribution in [-0.2, 0) is 12.0 Å². The predicted octanol–water partition coefficient (Wildman–Crippen LogP) is 5.18. The van der Waals surface area contributed by atoms with Crippen LogP contribution in [0.1, 0.15) is 71.4 Å². The second kappa shape index (κ2) is 9.34. The second-order valence-electron chi connectivity index (χ2n) is 9.35. The molecule has 170 valence electrons. The number of aromatic nitrogens is 2. The lowest BCUT2D eigenvalue weighted by molar-refractivity contribution is 0.0947. The molecule has 3 aromatic rings. The number of carbonyl (C=O) groups is 1. The topological polar surface area (TPSA) is 58.1 Å². The van der Waals surface area contributed by atoms with Crippen LogP contribution in [0.25, 0.3) is 0 Å². The van der Waals surface area contributed by atoms with Gasteiger partial charge in [-0.25, -0.2) is 9.97 Å². The number of anilines is 1. The molecular formula is C28H32N4O. The van der Waals surface area contributed by atoms with Gasteiger partial charge < -0.3 is 10.2 Å². The Morgan fingerprint density at radius 1 is 0.909 bits per heavy atom. The first kappa shape index (κ1) is 21.6. The van der Waals surface area contributed by atoms with Crippen molar-refractivity contribution in [1.29, 1.82) is 0 Å². The van der Waals surface area contributed by atoms with E-state index in [2.05, 4.69) is 40.5 Å². The zero-order valence-corrected chi connectivity index (χ0v) is 19.4. The van der Waals surface area contributed by atoms with Crippen LogP contribution in [-0.4, -0.2) is 29.0 Å². The van der Waals surface area contributed by atoms with Gasteiger partial charge in [0.2, 0.25) is 5.95 Å². The van der Waals surface area contributed by atoms with Crippen LogP contribution >= 0.6 is 0 Å². The van der Waals surface area contributed by atoms with Crippen molar-refractivity contribution in [2.24, 2.45) is 0 Å².